The molecule has 0 saturated carbocycles. The molecule has 0 bridgehead atoms. The molecule has 1 N–H and O–H groups in total. The molecule has 18 heavy (non-hydrogen) atoms. The maximum Gasteiger partial charge on any atom is 0.337 e. The number of rotatable bonds is 3. The molecule has 0 unspecified atom stereocenters. The Hall–Kier alpha value is -1.29. The van der Waals surface area contributed by atoms with Crippen molar-refractivity contribution < 1.29 is 9.90 Å². The normalized spacial score (nSPS) is 11.6. The van der Waals surface area contributed by atoms with Crippen LogP contribution in [0, 0.1) is 0 Å². The first kappa shape index (κ1) is 13.1. The smallest absolute Gasteiger partial charge is 0.337 e. The summed E-state index contributed by atoms with van der Waals surface area (Å²) in [6, 6.07) is 8.67. The molecule has 0 spiro atoms. The van der Waals surface area contributed by atoms with E-state index in [1.165, 1.54) is 17.4 Å². The quantitative estimate of drug-likeness (QED) is 0.835. The summed E-state index contributed by atoms with van der Waals surface area (Å²) >= 11 is 13.3. The Balaban J connectivity index is 2.52. The van der Waals surface area contributed by atoms with E-state index in [2.05, 4.69) is 0 Å². The van der Waals surface area contributed by atoms with Crippen LogP contribution in [0.25, 0.3) is 11.6 Å². The molecule has 2 nitrogen and oxygen atoms in total. The molecule has 0 radical (unpaired) electrons. The Kier molecular flexibility index (Phi) is 4.07. The van der Waals surface area contributed by atoms with Crippen LogP contribution in [0.5, 0.6) is 0 Å². The van der Waals surface area contributed by atoms with Crippen LogP contribution in [0.2, 0.25) is 10.0 Å². The van der Waals surface area contributed by atoms with Crippen LogP contribution in [0.15, 0.2) is 35.7 Å². The van der Waals surface area contributed by atoms with Gasteiger partial charge in [-0.1, -0.05) is 41.4 Å². The van der Waals surface area contributed by atoms with E-state index in [-0.39, 0.29) is 5.57 Å². The predicted octanol–water partition coefficient (Wildman–Crippen LogP) is 4.68. The van der Waals surface area contributed by atoms with Gasteiger partial charge in [-0.25, -0.2) is 4.79 Å². The van der Waals surface area contributed by atoms with E-state index in [0.29, 0.717) is 20.5 Å². The van der Waals surface area contributed by atoms with Crippen LogP contribution in [0.3, 0.4) is 0 Å². The van der Waals surface area contributed by atoms with Gasteiger partial charge in [-0.3, -0.25) is 0 Å². The molecule has 1 aromatic heterocycles. The standard InChI is InChI=1S/C13H8Cl2O2S/c14-10-4-1-3-8(12(10)15)7-9(13(16)17)11-5-2-6-18-11/h1-7H,(H,16,17). The third kappa shape index (κ3) is 2.75. The van der Waals surface area contributed by atoms with Crippen molar-refractivity contribution in [3.63, 3.8) is 0 Å². The molecule has 0 amide bonds. The second-order valence-electron chi connectivity index (χ2n) is 3.48. The minimum Gasteiger partial charge on any atom is -0.478 e. The number of carbonyl (C=O) groups is 1. The summed E-state index contributed by atoms with van der Waals surface area (Å²) < 4.78 is 0. The molecule has 0 saturated heterocycles. The van der Waals surface area contributed by atoms with Crippen LogP contribution in [-0.4, -0.2) is 11.1 Å². The van der Waals surface area contributed by atoms with Crippen LogP contribution < -0.4 is 0 Å². The SMILES string of the molecule is O=C(O)C(=Cc1cccc(Cl)c1Cl)c1cccs1. The lowest BCUT2D eigenvalue weighted by molar-refractivity contribution is -0.130. The Morgan fingerprint density at radius 2 is 2.00 bits per heavy atom. The zero-order chi connectivity index (χ0) is 13.1. The van der Waals surface area contributed by atoms with Crippen molar-refractivity contribution in [2.45, 2.75) is 0 Å². The van der Waals surface area contributed by atoms with Gasteiger partial charge in [-0.05, 0) is 29.2 Å². The first-order chi connectivity index (χ1) is 8.59. The van der Waals surface area contributed by atoms with Crippen molar-refractivity contribution in [1.29, 1.82) is 0 Å². The minimum absolute atomic E-state index is 0.203. The topological polar surface area (TPSA) is 37.3 Å². The molecule has 0 aliphatic carbocycles. The molecule has 0 atom stereocenters. The predicted molar refractivity (Wildman–Crippen MR) is 76.3 cm³/mol. The van der Waals surface area contributed by atoms with Gasteiger partial charge in [-0.2, -0.15) is 0 Å². The highest BCUT2D eigenvalue weighted by Gasteiger charge is 2.13. The number of carboxylic acids is 1. The third-order valence-electron chi connectivity index (χ3n) is 2.30. The summed E-state index contributed by atoms with van der Waals surface area (Å²) in [5.41, 5.74) is 0.795. The molecule has 2 aromatic rings. The largest absolute Gasteiger partial charge is 0.478 e. The Bertz CT molecular complexity index is 603. The molecule has 2 rings (SSSR count). The fourth-order valence-corrected chi connectivity index (χ4v) is 2.55. The molecule has 0 fully saturated rings. The van der Waals surface area contributed by atoms with Crippen molar-refractivity contribution in [2.24, 2.45) is 0 Å². The van der Waals surface area contributed by atoms with Gasteiger partial charge in [0.25, 0.3) is 0 Å². The summed E-state index contributed by atoms with van der Waals surface area (Å²) in [7, 11) is 0. The van der Waals surface area contributed by atoms with Crippen LogP contribution in [-0.2, 0) is 4.79 Å². The zero-order valence-electron chi connectivity index (χ0n) is 9.06. The lowest BCUT2D eigenvalue weighted by Crippen LogP contribution is -1.97. The van der Waals surface area contributed by atoms with E-state index in [9.17, 15) is 9.90 Å². The average Bonchev–Trinajstić information content (AvgIpc) is 2.84. The fraction of sp³-hybridized carbons (Fsp3) is 0. The molecule has 5 heteroatoms. The van der Waals surface area contributed by atoms with Crippen molar-refractivity contribution in [1.82, 2.24) is 0 Å². The van der Waals surface area contributed by atoms with Gasteiger partial charge < -0.3 is 5.11 Å². The third-order valence-corrected chi connectivity index (χ3v) is 4.04. The Morgan fingerprint density at radius 3 is 2.61 bits per heavy atom. The highest BCUT2D eigenvalue weighted by Crippen LogP contribution is 2.30. The lowest BCUT2D eigenvalue weighted by Gasteiger charge is -2.03. The highest BCUT2D eigenvalue weighted by molar-refractivity contribution is 7.11. The molecular formula is C13H8Cl2O2S. The van der Waals surface area contributed by atoms with E-state index in [1.54, 1.807) is 30.3 Å². The van der Waals surface area contributed by atoms with Crippen molar-refractivity contribution in [2.75, 3.05) is 0 Å². The summed E-state index contributed by atoms with van der Waals surface area (Å²) in [6.45, 7) is 0. The monoisotopic (exact) mass is 298 g/mol. The van der Waals surface area contributed by atoms with Gasteiger partial charge in [-0.15, -0.1) is 11.3 Å². The van der Waals surface area contributed by atoms with E-state index < -0.39 is 5.97 Å². The van der Waals surface area contributed by atoms with E-state index in [0.717, 1.165) is 0 Å². The number of halogens is 2. The first-order valence-corrected chi connectivity index (χ1v) is 6.66. The summed E-state index contributed by atoms with van der Waals surface area (Å²) in [6.07, 6.45) is 1.53. The maximum absolute atomic E-state index is 11.3. The van der Waals surface area contributed by atoms with Crippen molar-refractivity contribution in [3.05, 3.63) is 56.2 Å². The summed E-state index contributed by atoms with van der Waals surface area (Å²) in [5.74, 6) is -0.992. The van der Waals surface area contributed by atoms with E-state index in [1.807, 2.05) is 5.38 Å². The van der Waals surface area contributed by atoms with Crippen LogP contribution in [0.1, 0.15) is 10.4 Å². The number of aliphatic carboxylic acids is 1. The molecular weight excluding hydrogens is 291 g/mol. The lowest BCUT2D eigenvalue weighted by atomic mass is 10.1. The number of hydrogen-bond acceptors (Lipinski definition) is 2. The van der Waals surface area contributed by atoms with Gasteiger partial charge in [0, 0.05) is 4.88 Å². The number of carboxylic acid groups (broad SMARTS) is 1. The van der Waals surface area contributed by atoms with E-state index >= 15 is 0 Å². The van der Waals surface area contributed by atoms with Crippen LogP contribution in [0.4, 0.5) is 0 Å². The van der Waals surface area contributed by atoms with Gasteiger partial charge in [0.15, 0.2) is 0 Å². The first-order valence-electron chi connectivity index (χ1n) is 5.02. The average molecular weight is 299 g/mol. The summed E-state index contributed by atoms with van der Waals surface area (Å²) in [4.78, 5) is 11.9. The van der Waals surface area contributed by atoms with Gasteiger partial charge in [0.05, 0.1) is 15.6 Å². The van der Waals surface area contributed by atoms with Gasteiger partial charge in [0.2, 0.25) is 0 Å². The minimum atomic E-state index is -0.992. The van der Waals surface area contributed by atoms with Crippen molar-refractivity contribution >= 4 is 52.2 Å². The van der Waals surface area contributed by atoms with Crippen LogP contribution >= 0.6 is 34.5 Å². The Morgan fingerprint density at radius 1 is 1.22 bits per heavy atom. The van der Waals surface area contributed by atoms with Crippen molar-refractivity contribution in [3.8, 4) is 0 Å². The second kappa shape index (κ2) is 5.57. The maximum atomic E-state index is 11.3. The molecule has 1 aromatic carbocycles. The number of benzene rings is 1. The second-order valence-corrected chi connectivity index (χ2v) is 5.22. The summed E-state index contributed by atoms with van der Waals surface area (Å²) in [5, 5.41) is 11.8. The molecule has 1 heterocycles. The zero-order valence-corrected chi connectivity index (χ0v) is 11.4. The molecule has 0 aliphatic rings. The Labute approximate surface area is 118 Å². The molecule has 0 aliphatic heterocycles. The number of hydrogen-bond donors (Lipinski definition) is 1. The van der Waals surface area contributed by atoms with Gasteiger partial charge in [0.1, 0.15) is 0 Å². The van der Waals surface area contributed by atoms with E-state index in [4.69, 9.17) is 23.2 Å². The highest BCUT2D eigenvalue weighted by atomic mass is 35.5. The number of thiophene rings is 1. The fourth-order valence-electron chi connectivity index (χ4n) is 1.46. The molecule has 92 valence electrons. The van der Waals surface area contributed by atoms with Gasteiger partial charge >= 0.3 is 5.97 Å².